The van der Waals surface area contributed by atoms with E-state index in [1.165, 1.54) is 18.4 Å². The van der Waals surface area contributed by atoms with Gasteiger partial charge >= 0.3 is 0 Å². The molecule has 2 heteroatoms. The largest absolute Gasteiger partial charge is 0.393 e. The molecule has 4 rings (SSSR count). The molecule has 2 nitrogen and oxygen atoms in total. The predicted octanol–water partition coefficient (Wildman–Crippen LogP) is 3.69. The quantitative estimate of drug-likeness (QED) is 0.670. The van der Waals surface area contributed by atoms with Crippen molar-refractivity contribution < 1.29 is 10.2 Å². The minimum Gasteiger partial charge on any atom is -0.393 e. The lowest BCUT2D eigenvalue weighted by Gasteiger charge is -2.59. The van der Waals surface area contributed by atoms with Gasteiger partial charge in [-0.15, -0.1) is 0 Å². The van der Waals surface area contributed by atoms with Gasteiger partial charge < -0.3 is 10.2 Å². The highest BCUT2D eigenvalue weighted by atomic mass is 16.3. The molecule has 0 bridgehead atoms. The maximum atomic E-state index is 10.5. The Balaban J connectivity index is 1.74. The molecule has 0 heterocycles. The predicted molar refractivity (Wildman–Crippen MR) is 88.2 cm³/mol. The Kier molecular flexibility index (Phi) is 3.20. The molecule has 0 radical (unpaired) electrons. The van der Waals surface area contributed by atoms with E-state index in [2.05, 4.69) is 32.9 Å². The fourth-order valence-corrected chi connectivity index (χ4v) is 6.64. The molecule has 122 valence electrons. The molecule has 0 amide bonds. The lowest BCUT2D eigenvalue weighted by Crippen LogP contribution is -2.53. The number of allylic oxidation sites excluding steroid dienone is 2. The molecule has 3 unspecified atom stereocenters. The third kappa shape index (κ3) is 1.80. The first-order valence-corrected chi connectivity index (χ1v) is 9.13. The van der Waals surface area contributed by atoms with Crippen LogP contribution in [0.15, 0.2) is 23.8 Å². The van der Waals surface area contributed by atoms with Crippen LogP contribution in [-0.4, -0.2) is 22.4 Å². The van der Waals surface area contributed by atoms with Crippen molar-refractivity contribution in [3.05, 3.63) is 23.8 Å². The van der Waals surface area contributed by atoms with E-state index in [-0.39, 0.29) is 16.9 Å². The number of aliphatic hydroxyl groups is 2. The van der Waals surface area contributed by atoms with E-state index in [1.807, 2.05) is 6.08 Å². The molecule has 0 aromatic rings. The number of fused-ring (bicyclic) bond motifs is 5. The van der Waals surface area contributed by atoms with E-state index in [4.69, 9.17) is 0 Å². The van der Waals surface area contributed by atoms with Gasteiger partial charge in [0.15, 0.2) is 0 Å². The van der Waals surface area contributed by atoms with Crippen molar-refractivity contribution in [1.29, 1.82) is 0 Å². The molecule has 8 atom stereocenters. The monoisotopic (exact) mass is 302 g/mol. The van der Waals surface area contributed by atoms with Crippen LogP contribution in [0.2, 0.25) is 0 Å². The Bertz CT molecular complexity index is 536. The van der Waals surface area contributed by atoms with Crippen LogP contribution in [0.1, 0.15) is 52.9 Å². The average Bonchev–Trinajstić information content (AvgIpc) is 2.77. The third-order valence-electron chi connectivity index (χ3n) is 7.96. The molecule has 2 N–H and O–H groups in total. The van der Waals surface area contributed by atoms with Gasteiger partial charge in [0.1, 0.15) is 0 Å². The lowest BCUT2D eigenvalue weighted by molar-refractivity contribution is -0.0800. The van der Waals surface area contributed by atoms with E-state index >= 15 is 0 Å². The fraction of sp³-hybridized carbons (Fsp3) is 0.800. The van der Waals surface area contributed by atoms with Gasteiger partial charge in [-0.3, -0.25) is 0 Å². The first kappa shape index (κ1) is 15.0. The van der Waals surface area contributed by atoms with Gasteiger partial charge in [-0.1, -0.05) is 44.6 Å². The molecule has 0 aliphatic heterocycles. The number of rotatable bonds is 0. The standard InChI is InChI=1S/C20H30O2/c1-12-10-13-11-14(21)6-8-19(13,2)16-7-9-20(3)15(18(12)16)4-5-17(20)22/h6,8,11-12,14-18,21-22H,4-5,7,9-10H2,1-3H3/t12?,14?,15-,16+,17?,18-,19-,20-/m0/s1. The highest BCUT2D eigenvalue weighted by molar-refractivity contribution is 5.34. The van der Waals surface area contributed by atoms with Gasteiger partial charge in [-0.05, 0) is 61.2 Å². The van der Waals surface area contributed by atoms with E-state index in [0.29, 0.717) is 17.8 Å². The summed E-state index contributed by atoms with van der Waals surface area (Å²) in [5.41, 5.74) is 1.73. The summed E-state index contributed by atoms with van der Waals surface area (Å²) in [7, 11) is 0. The summed E-state index contributed by atoms with van der Waals surface area (Å²) in [5.74, 6) is 2.74. The summed E-state index contributed by atoms with van der Waals surface area (Å²) in [5, 5.41) is 20.5. The van der Waals surface area contributed by atoms with Crippen LogP contribution in [0, 0.1) is 34.5 Å². The van der Waals surface area contributed by atoms with Crippen LogP contribution in [0.4, 0.5) is 0 Å². The summed E-state index contributed by atoms with van der Waals surface area (Å²) >= 11 is 0. The van der Waals surface area contributed by atoms with Crippen molar-refractivity contribution in [2.24, 2.45) is 34.5 Å². The molecule has 0 spiro atoms. The van der Waals surface area contributed by atoms with Gasteiger partial charge in [0.2, 0.25) is 0 Å². The normalized spacial score (nSPS) is 56.9. The smallest absolute Gasteiger partial charge is 0.0905 e. The number of hydrogen-bond acceptors (Lipinski definition) is 2. The molecule has 0 aromatic heterocycles. The highest BCUT2D eigenvalue weighted by Crippen LogP contribution is 2.65. The van der Waals surface area contributed by atoms with Crippen molar-refractivity contribution >= 4 is 0 Å². The SMILES string of the molecule is CC1CC2=CC(O)C=C[C@]2(C)[C@@H]2CC[C@]3(C)C(O)CC[C@H]3[C@H]12. The summed E-state index contributed by atoms with van der Waals surface area (Å²) in [6.07, 6.45) is 11.6. The van der Waals surface area contributed by atoms with Crippen molar-refractivity contribution in [1.82, 2.24) is 0 Å². The Morgan fingerprint density at radius 2 is 1.86 bits per heavy atom. The van der Waals surface area contributed by atoms with Gasteiger partial charge in [0.25, 0.3) is 0 Å². The molecule has 0 aromatic carbocycles. The second-order valence-electron chi connectivity index (χ2n) is 8.93. The van der Waals surface area contributed by atoms with Crippen molar-refractivity contribution in [2.45, 2.75) is 65.1 Å². The fourth-order valence-electron chi connectivity index (χ4n) is 6.64. The van der Waals surface area contributed by atoms with Crippen LogP contribution < -0.4 is 0 Å². The van der Waals surface area contributed by atoms with Crippen molar-refractivity contribution in [3.8, 4) is 0 Å². The second kappa shape index (κ2) is 4.70. The maximum absolute atomic E-state index is 10.5. The minimum absolute atomic E-state index is 0.0980. The summed E-state index contributed by atoms with van der Waals surface area (Å²) in [6.45, 7) is 7.13. The topological polar surface area (TPSA) is 40.5 Å². The van der Waals surface area contributed by atoms with E-state index in [1.54, 1.807) is 0 Å². The zero-order chi connectivity index (χ0) is 15.7. The molecule has 0 saturated heterocycles. The summed E-state index contributed by atoms with van der Waals surface area (Å²) in [6, 6.07) is 0. The van der Waals surface area contributed by atoms with Crippen LogP contribution in [0.5, 0.6) is 0 Å². The maximum Gasteiger partial charge on any atom is 0.0905 e. The first-order valence-electron chi connectivity index (χ1n) is 9.13. The summed E-state index contributed by atoms with van der Waals surface area (Å²) < 4.78 is 0. The Hall–Kier alpha value is -0.600. The molecule has 3 fully saturated rings. The Morgan fingerprint density at radius 3 is 2.64 bits per heavy atom. The molecule has 4 aliphatic carbocycles. The first-order chi connectivity index (χ1) is 10.4. The molecular weight excluding hydrogens is 272 g/mol. The zero-order valence-corrected chi connectivity index (χ0v) is 14.1. The van der Waals surface area contributed by atoms with E-state index in [9.17, 15) is 10.2 Å². The van der Waals surface area contributed by atoms with E-state index in [0.717, 1.165) is 25.2 Å². The zero-order valence-electron chi connectivity index (χ0n) is 14.1. The average molecular weight is 302 g/mol. The highest BCUT2D eigenvalue weighted by Gasteiger charge is 2.59. The van der Waals surface area contributed by atoms with Crippen LogP contribution in [0.3, 0.4) is 0 Å². The number of hydrogen-bond donors (Lipinski definition) is 2. The third-order valence-corrected chi connectivity index (χ3v) is 7.96. The van der Waals surface area contributed by atoms with Crippen LogP contribution in [0.25, 0.3) is 0 Å². The summed E-state index contributed by atoms with van der Waals surface area (Å²) in [4.78, 5) is 0. The molecule has 3 saturated carbocycles. The number of aliphatic hydroxyl groups excluding tert-OH is 2. The van der Waals surface area contributed by atoms with Gasteiger partial charge in [0.05, 0.1) is 12.2 Å². The lowest BCUT2D eigenvalue weighted by atomic mass is 9.46. The van der Waals surface area contributed by atoms with Gasteiger partial charge in [-0.25, -0.2) is 0 Å². The molecule has 22 heavy (non-hydrogen) atoms. The van der Waals surface area contributed by atoms with E-state index < -0.39 is 6.10 Å². The van der Waals surface area contributed by atoms with Crippen LogP contribution in [-0.2, 0) is 0 Å². The minimum atomic E-state index is -0.394. The van der Waals surface area contributed by atoms with Crippen LogP contribution >= 0.6 is 0 Å². The Morgan fingerprint density at radius 1 is 1.09 bits per heavy atom. The molecule has 4 aliphatic rings. The Labute approximate surface area is 134 Å². The van der Waals surface area contributed by atoms with Gasteiger partial charge in [-0.2, -0.15) is 0 Å². The second-order valence-corrected chi connectivity index (χ2v) is 8.93. The van der Waals surface area contributed by atoms with Gasteiger partial charge in [0, 0.05) is 5.41 Å². The van der Waals surface area contributed by atoms with Crippen molar-refractivity contribution in [2.75, 3.05) is 0 Å². The molecular formula is C20H30O2. The van der Waals surface area contributed by atoms with Crippen molar-refractivity contribution in [3.63, 3.8) is 0 Å².